The highest BCUT2D eigenvalue weighted by Crippen LogP contribution is 2.26. The second kappa shape index (κ2) is 5.02. The highest BCUT2D eigenvalue weighted by atomic mass is 32.2. The zero-order valence-corrected chi connectivity index (χ0v) is 12.1. The lowest BCUT2D eigenvalue weighted by molar-refractivity contribution is 0.340. The smallest absolute Gasteiger partial charge is 0.262 e. The van der Waals surface area contributed by atoms with E-state index in [1.165, 1.54) is 6.33 Å². The Morgan fingerprint density at radius 2 is 2.30 bits per heavy atom. The molecule has 0 aromatic carbocycles. The lowest BCUT2D eigenvalue weighted by Crippen LogP contribution is -2.38. The summed E-state index contributed by atoms with van der Waals surface area (Å²) in [4.78, 5) is 3.97. The van der Waals surface area contributed by atoms with Gasteiger partial charge in [-0.15, -0.1) is 0 Å². The number of imidazole rings is 1. The molecule has 1 aliphatic rings. The summed E-state index contributed by atoms with van der Waals surface area (Å²) in [5.74, 6) is 0. The fraction of sp³-hybridized carbons (Fsp3) is 0.500. The lowest BCUT2D eigenvalue weighted by atomic mass is 10.2. The van der Waals surface area contributed by atoms with Gasteiger partial charge in [0.1, 0.15) is 0 Å². The molecule has 1 saturated heterocycles. The van der Waals surface area contributed by atoms with Crippen molar-refractivity contribution >= 4 is 10.0 Å². The zero-order valence-electron chi connectivity index (χ0n) is 11.3. The van der Waals surface area contributed by atoms with Crippen LogP contribution >= 0.6 is 0 Å². The predicted molar refractivity (Wildman–Crippen MR) is 72.3 cm³/mol. The largest absolute Gasteiger partial charge is 0.339 e. The van der Waals surface area contributed by atoms with Crippen LogP contribution in [-0.2, 0) is 23.6 Å². The van der Waals surface area contributed by atoms with Crippen molar-refractivity contribution in [3.05, 3.63) is 31.0 Å². The zero-order chi connectivity index (χ0) is 14.2. The van der Waals surface area contributed by atoms with E-state index in [0.29, 0.717) is 13.1 Å². The summed E-state index contributed by atoms with van der Waals surface area (Å²) in [6.07, 6.45) is 8.32. The quantitative estimate of drug-likeness (QED) is 0.822. The standard InChI is InChI=1S/C12H17N5O2S/c1-15-9-12(13-10-15)20(18,19)17-7-2-4-11(17)8-16-6-3-5-14-16/h3,5-6,9-11H,2,4,7-8H2,1H3/t11-/m0/s1. The molecule has 3 heterocycles. The van der Waals surface area contributed by atoms with Crippen molar-refractivity contribution in [1.29, 1.82) is 0 Å². The number of hydrogen-bond acceptors (Lipinski definition) is 4. The van der Waals surface area contributed by atoms with E-state index in [1.807, 2.05) is 12.3 Å². The Morgan fingerprint density at radius 1 is 1.45 bits per heavy atom. The molecule has 0 aliphatic carbocycles. The fourth-order valence-electron chi connectivity index (χ4n) is 2.57. The molecule has 0 spiro atoms. The number of aromatic nitrogens is 4. The van der Waals surface area contributed by atoms with Gasteiger partial charge in [-0.05, 0) is 18.9 Å². The van der Waals surface area contributed by atoms with Gasteiger partial charge in [0.25, 0.3) is 10.0 Å². The van der Waals surface area contributed by atoms with Crippen molar-refractivity contribution in [1.82, 2.24) is 23.6 Å². The monoisotopic (exact) mass is 295 g/mol. The molecule has 0 bridgehead atoms. The second-order valence-electron chi connectivity index (χ2n) is 5.02. The van der Waals surface area contributed by atoms with Gasteiger partial charge in [0.2, 0.25) is 0 Å². The Bertz CT molecular complexity index is 677. The molecule has 3 rings (SSSR count). The normalized spacial score (nSPS) is 20.6. The van der Waals surface area contributed by atoms with Gasteiger partial charge in [0.15, 0.2) is 5.03 Å². The first-order valence-corrected chi connectivity index (χ1v) is 7.98. The Morgan fingerprint density at radius 3 is 2.95 bits per heavy atom. The minimum atomic E-state index is -3.51. The van der Waals surface area contributed by atoms with Crippen molar-refractivity contribution in [3.63, 3.8) is 0 Å². The minimum Gasteiger partial charge on any atom is -0.339 e. The number of sulfonamides is 1. The van der Waals surface area contributed by atoms with Crippen molar-refractivity contribution in [3.8, 4) is 0 Å². The molecule has 0 radical (unpaired) electrons. The first kappa shape index (κ1) is 13.3. The molecule has 1 fully saturated rings. The van der Waals surface area contributed by atoms with Gasteiger partial charge in [-0.2, -0.15) is 9.40 Å². The molecule has 0 N–H and O–H groups in total. The highest BCUT2D eigenvalue weighted by molar-refractivity contribution is 7.89. The molecule has 20 heavy (non-hydrogen) atoms. The van der Waals surface area contributed by atoms with E-state index in [0.717, 1.165) is 12.8 Å². The summed E-state index contributed by atoms with van der Waals surface area (Å²) in [5, 5.41) is 4.27. The molecule has 7 nitrogen and oxygen atoms in total. The van der Waals surface area contributed by atoms with Crippen LogP contribution in [0.5, 0.6) is 0 Å². The average molecular weight is 295 g/mol. The van der Waals surface area contributed by atoms with Crippen LogP contribution in [0.2, 0.25) is 0 Å². The van der Waals surface area contributed by atoms with Crippen molar-refractivity contribution in [2.45, 2.75) is 30.5 Å². The van der Waals surface area contributed by atoms with Crippen LogP contribution in [0, 0.1) is 0 Å². The average Bonchev–Trinajstić information content (AvgIpc) is 3.10. The molecule has 0 saturated carbocycles. The van der Waals surface area contributed by atoms with Crippen LogP contribution < -0.4 is 0 Å². The van der Waals surface area contributed by atoms with Gasteiger partial charge in [-0.1, -0.05) is 0 Å². The molecule has 0 amide bonds. The van der Waals surface area contributed by atoms with E-state index < -0.39 is 10.0 Å². The van der Waals surface area contributed by atoms with Gasteiger partial charge in [-0.25, -0.2) is 13.4 Å². The summed E-state index contributed by atoms with van der Waals surface area (Å²) in [6.45, 7) is 1.13. The summed E-state index contributed by atoms with van der Waals surface area (Å²) >= 11 is 0. The van der Waals surface area contributed by atoms with Crippen LogP contribution in [0.1, 0.15) is 12.8 Å². The fourth-order valence-corrected chi connectivity index (χ4v) is 4.23. The van der Waals surface area contributed by atoms with Crippen LogP contribution in [0.15, 0.2) is 36.0 Å². The number of nitrogens with zero attached hydrogens (tertiary/aromatic N) is 5. The Kier molecular flexibility index (Phi) is 3.35. The molecule has 1 atom stereocenters. The van der Waals surface area contributed by atoms with Crippen LogP contribution in [0.4, 0.5) is 0 Å². The topological polar surface area (TPSA) is 73.0 Å². The first-order valence-electron chi connectivity index (χ1n) is 6.54. The molecule has 0 unspecified atom stereocenters. The maximum atomic E-state index is 12.6. The predicted octanol–water partition coefficient (Wildman–Crippen LogP) is 0.470. The number of hydrogen-bond donors (Lipinski definition) is 0. The van der Waals surface area contributed by atoms with Gasteiger partial charge in [0, 0.05) is 38.2 Å². The molecule has 108 valence electrons. The lowest BCUT2D eigenvalue weighted by Gasteiger charge is -2.22. The van der Waals surface area contributed by atoms with Gasteiger partial charge in [0.05, 0.1) is 12.9 Å². The van der Waals surface area contributed by atoms with Gasteiger partial charge in [-0.3, -0.25) is 4.68 Å². The SMILES string of the molecule is Cn1cnc(S(=O)(=O)N2CCC[C@H]2Cn2cccn2)c1. The van der Waals surface area contributed by atoms with E-state index in [-0.39, 0.29) is 11.1 Å². The summed E-state index contributed by atoms with van der Waals surface area (Å²) in [6, 6.07) is 1.79. The number of aryl methyl sites for hydroxylation is 1. The Hall–Kier alpha value is -1.67. The maximum absolute atomic E-state index is 12.6. The van der Waals surface area contributed by atoms with Crippen LogP contribution in [0.25, 0.3) is 0 Å². The van der Waals surface area contributed by atoms with Crippen molar-refractivity contribution in [2.75, 3.05) is 6.54 Å². The molecule has 2 aromatic rings. The molecule has 1 aliphatic heterocycles. The van der Waals surface area contributed by atoms with Crippen LogP contribution in [0.3, 0.4) is 0 Å². The molecular weight excluding hydrogens is 278 g/mol. The van der Waals surface area contributed by atoms with Gasteiger partial charge < -0.3 is 4.57 Å². The first-order chi connectivity index (χ1) is 9.57. The van der Waals surface area contributed by atoms with E-state index in [2.05, 4.69) is 10.1 Å². The third-order valence-corrected chi connectivity index (χ3v) is 5.37. The second-order valence-corrected chi connectivity index (χ2v) is 6.85. The van der Waals surface area contributed by atoms with Crippen molar-refractivity contribution < 1.29 is 8.42 Å². The van der Waals surface area contributed by atoms with E-state index in [1.54, 1.807) is 33.0 Å². The molecular formula is C12H17N5O2S. The Labute approximate surface area is 117 Å². The van der Waals surface area contributed by atoms with Crippen molar-refractivity contribution in [2.24, 2.45) is 7.05 Å². The highest BCUT2D eigenvalue weighted by Gasteiger charge is 2.36. The van der Waals surface area contributed by atoms with E-state index in [9.17, 15) is 8.42 Å². The van der Waals surface area contributed by atoms with E-state index in [4.69, 9.17) is 0 Å². The summed E-state index contributed by atoms with van der Waals surface area (Å²) < 4.78 is 30.2. The Balaban J connectivity index is 1.84. The minimum absolute atomic E-state index is 0.0538. The number of rotatable bonds is 4. The third kappa shape index (κ3) is 2.36. The maximum Gasteiger partial charge on any atom is 0.262 e. The van der Waals surface area contributed by atoms with E-state index >= 15 is 0 Å². The summed E-state index contributed by atoms with van der Waals surface area (Å²) in [5.41, 5.74) is 0. The molecule has 2 aromatic heterocycles. The summed E-state index contributed by atoms with van der Waals surface area (Å²) in [7, 11) is -1.75. The molecule has 8 heteroatoms. The third-order valence-electron chi connectivity index (χ3n) is 3.53. The van der Waals surface area contributed by atoms with Crippen LogP contribution in [-0.4, -0.2) is 44.6 Å². The van der Waals surface area contributed by atoms with Gasteiger partial charge >= 0.3 is 0 Å².